The normalized spacial score (nSPS) is 10.1. The highest BCUT2D eigenvalue weighted by molar-refractivity contribution is 5.54. The van der Waals surface area contributed by atoms with Crippen molar-refractivity contribution >= 4 is 0 Å². The predicted molar refractivity (Wildman–Crippen MR) is 59.5 cm³/mol. The molecule has 0 saturated heterocycles. The molecule has 0 atom stereocenters. The highest BCUT2D eigenvalue weighted by Gasteiger charge is 2.10. The number of rotatable bonds is 5. The van der Waals surface area contributed by atoms with Crippen molar-refractivity contribution in [2.75, 3.05) is 14.2 Å². The molecule has 0 amide bonds. The Labute approximate surface area is 90.6 Å². The van der Waals surface area contributed by atoms with E-state index in [2.05, 4.69) is 13.3 Å². The minimum absolute atomic E-state index is 0.0497. The maximum atomic E-state index is 9.67. The summed E-state index contributed by atoms with van der Waals surface area (Å²) in [6, 6.07) is 3.60. The third-order valence-electron chi connectivity index (χ3n) is 2.17. The number of methoxy groups -OCH3 is 2. The molecule has 1 radical (unpaired) electrons. The molecule has 0 saturated carbocycles. The highest BCUT2D eigenvalue weighted by atomic mass is 16.5. The topological polar surface area (TPSA) is 38.7 Å². The van der Waals surface area contributed by atoms with Crippen molar-refractivity contribution in [2.24, 2.45) is 0 Å². The average Bonchev–Trinajstić information content (AvgIpc) is 2.27. The summed E-state index contributed by atoms with van der Waals surface area (Å²) in [6.45, 7) is 2.12. The van der Waals surface area contributed by atoms with Crippen LogP contribution in [0.3, 0.4) is 0 Å². The van der Waals surface area contributed by atoms with Crippen molar-refractivity contribution in [3.05, 3.63) is 24.1 Å². The quantitative estimate of drug-likeness (QED) is 0.810. The van der Waals surface area contributed by atoms with Gasteiger partial charge in [-0.3, -0.25) is 0 Å². The molecule has 83 valence electrons. The molecular formula is C12H17O3. The first-order chi connectivity index (χ1) is 7.22. The van der Waals surface area contributed by atoms with E-state index >= 15 is 0 Å². The number of phenolic OH excluding ortho intramolecular Hbond substituents is 1. The number of phenols is 1. The fraction of sp³-hybridized carbons (Fsp3) is 0.417. The molecule has 1 rings (SSSR count). The van der Waals surface area contributed by atoms with Gasteiger partial charge in [0.1, 0.15) is 0 Å². The second-order valence-corrected chi connectivity index (χ2v) is 3.27. The lowest BCUT2D eigenvalue weighted by atomic mass is 10.1. The zero-order valence-corrected chi connectivity index (χ0v) is 9.41. The third-order valence-corrected chi connectivity index (χ3v) is 2.17. The van der Waals surface area contributed by atoms with Gasteiger partial charge in [0.2, 0.25) is 5.75 Å². The number of unbranched alkanes of at least 4 members (excludes halogenated alkanes) is 1. The van der Waals surface area contributed by atoms with E-state index in [4.69, 9.17) is 9.47 Å². The van der Waals surface area contributed by atoms with Crippen molar-refractivity contribution in [2.45, 2.75) is 19.8 Å². The summed E-state index contributed by atoms with van der Waals surface area (Å²) in [7, 11) is 3.05. The van der Waals surface area contributed by atoms with Crippen LogP contribution in [0.5, 0.6) is 17.2 Å². The summed E-state index contributed by atoms with van der Waals surface area (Å²) < 4.78 is 10.1. The third kappa shape index (κ3) is 2.78. The molecule has 15 heavy (non-hydrogen) atoms. The predicted octanol–water partition coefficient (Wildman–Crippen LogP) is 2.76. The number of benzene rings is 1. The van der Waals surface area contributed by atoms with Gasteiger partial charge >= 0.3 is 0 Å². The standard InChI is InChI=1S/C12H17O3/c1-4-5-6-9-7-10(14-2)12(13)11(8-9)15-3/h6-8,13H,4-5H2,1-3H3. The first-order valence-corrected chi connectivity index (χ1v) is 5.01. The SMILES string of the molecule is CCC[CH]c1cc(OC)c(O)c(OC)c1. The Hall–Kier alpha value is -1.38. The average molecular weight is 209 g/mol. The number of hydrogen-bond acceptors (Lipinski definition) is 3. The summed E-state index contributed by atoms with van der Waals surface area (Å²) in [4.78, 5) is 0. The van der Waals surface area contributed by atoms with Crippen molar-refractivity contribution in [3.8, 4) is 17.2 Å². The van der Waals surface area contributed by atoms with Crippen LogP contribution in [-0.4, -0.2) is 19.3 Å². The minimum Gasteiger partial charge on any atom is -0.502 e. The van der Waals surface area contributed by atoms with Gasteiger partial charge in [0.15, 0.2) is 11.5 Å². The van der Waals surface area contributed by atoms with Crippen LogP contribution in [-0.2, 0) is 0 Å². The molecule has 0 aliphatic heterocycles. The van der Waals surface area contributed by atoms with Gasteiger partial charge < -0.3 is 14.6 Å². The zero-order valence-electron chi connectivity index (χ0n) is 9.41. The zero-order chi connectivity index (χ0) is 11.3. The van der Waals surface area contributed by atoms with Gasteiger partial charge in [0.05, 0.1) is 14.2 Å². The van der Waals surface area contributed by atoms with Crippen LogP contribution in [0.25, 0.3) is 0 Å². The van der Waals surface area contributed by atoms with E-state index in [9.17, 15) is 5.11 Å². The lowest BCUT2D eigenvalue weighted by molar-refractivity contribution is 0.339. The van der Waals surface area contributed by atoms with Gasteiger partial charge in [-0.05, 0) is 30.5 Å². The van der Waals surface area contributed by atoms with Gasteiger partial charge in [-0.15, -0.1) is 0 Å². The van der Waals surface area contributed by atoms with Crippen LogP contribution in [0.2, 0.25) is 0 Å². The maximum Gasteiger partial charge on any atom is 0.200 e. The molecule has 3 nitrogen and oxygen atoms in total. The Morgan fingerprint density at radius 2 is 1.73 bits per heavy atom. The molecule has 0 spiro atoms. The van der Waals surface area contributed by atoms with Crippen LogP contribution in [0.1, 0.15) is 25.3 Å². The molecule has 0 heterocycles. The first kappa shape index (κ1) is 11.7. The molecule has 0 unspecified atom stereocenters. The fourth-order valence-electron chi connectivity index (χ4n) is 1.34. The number of aromatic hydroxyl groups is 1. The maximum absolute atomic E-state index is 9.67. The second kappa shape index (κ2) is 5.49. The van der Waals surface area contributed by atoms with Gasteiger partial charge in [0, 0.05) is 0 Å². The number of ether oxygens (including phenoxy) is 2. The second-order valence-electron chi connectivity index (χ2n) is 3.27. The molecule has 1 aromatic carbocycles. The summed E-state index contributed by atoms with van der Waals surface area (Å²) in [5.74, 6) is 0.932. The molecule has 1 aromatic rings. The van der Waals surface area contributed by atoms with Crippen molar-refractivity contribution in [1.82, 2.24) is 0 Å². The molecule has 3 heteroatoms. The molecule has 0 aliphatic rings. The monoisotopic (exact) mass is 209 g/mol. The Kier molecular flexibility index (Phi) is 4.28. The van der Waals surface area contributed by atoms with Crippen LogP contribution < -0.4 is 9.47 Å². The molecule has 0 aliphatic carbocycles. The Balaban J connectivity index is 2.98. The number of hydrogen-bond donors (Lipinski definition) is 1. The van der Waals surface area contributed by atoms with Crippen molar-refractivity contribution < 1.29 is 14.6 Å². The summed E-state index contributed by atoms with van der Waals surface area (Å²) in [6.07, 6.45) is 4.17. The molecule has 1 N–H and O–H groups in total. The Bertz CT molecular complexity index is 296. The van der Waals surface area contributed by atoms with Crippen LogP contribution >= 0.6 is 0 Å². The highest BCUT2D eigenvalue weighted by Crippen LogP contribution is 2.37. The Morgan fingerprint density at radius 1 is 1.20 bits per heavy atom. The van der Waals surface area contributed by atoms with E-state index in [-0.39, 0.29) is 5.75 Å². The summed E-state index contributed by atoms with van der Waals surface area (Å²) >= 11 is 0. The van der Waals surface area contributed by atoms with E-state index in [0.29, 0.717) is 11.5 Å². The van der Waals surface area contributed by atoms with Crippen LogP contribution in [0, 0.1) is 6.42 Å². The minimum atomic E-state index is 0.0497. The lowest BCUT2D eigenvalue weighted by Crippen LogP contribution is -1.92. The van der Waals surface area contributed by atoms with Crippen molar-refractivity contribution in [1.29, 1.82) is 0 Å². The molecular weight excluding hydrogens is 192 g/mol. The summed E-state index contributed by atoms with van der Waals surface area (Å²) in [5.41, 5.74) is 1.00. The van der Waals surface area contributed by atoms with E-state index in [1.54, 1.807) is 12.1 Å². The van der Waals surface area contributed by atoms with E-state index in [1.165, 1.54) is 14.2 Å². The fourth-order valence-corrected chi connectivity index (χ4v) is 1.34. The largest absolute Gasteiger partial charge is 0.502 e. The van der Waals surface area contributed by atoms with Crippen LogP contribution in [0.15, 0.2) is 12.1 Å². The van der Waals surface area contributed by atoms with Crippen LogP contribution in [0.4, 0.5) is 0 Å². The van der Waals surface area contributed by atoms with Gasteiger partial charge in [-0.1, -0.05) is 13.3 Å². The van der Waals surface area contributed by atoms with Crippen molar-refractivity contribution in [3.63, 3.8) is 0 Å². The Morgan fingerprint density at radius 3 is 2.13 bits per heavy atom. The van der Waals surface area contributed by atoms with Gasteiger partial charge in [-0.2, -0.15) is 0 Å². The van der Waals surface area contributed by atoms with E-state index < -0.39 is 0 Å². The van der Waals surface area contributed by atoms with Gasteiger partial charge in [-0.25, -0.2) is 0 Å². The smallest absolute Gasteiger partial charge is 0.200 e. The van der Waals surface area contributed by atoms with E-state index in [1.807, 2.05) is 0 Å². The molecule has 0 fully saturated rings. The van der Waals surface area contributed by atoms with Gasteiger partial charge in [0.25, 0.3) is 0 Å². The molecule has 0 bridgehead atoms. The lowest BCUT2D eigenvalue weighted by Gasteiger charge is -2.10. The summed E-state index contributed by atoms with van der Waals surface area (Å²) in [5, 5.41) is 9.67. The molecule has 0 aromatic heterocycles. The van der Waals surface area contributed by atoms with E-state index in [0.717, 1.165) is 18.4 Å². The first-order valence-electron chi connectivity index (χ1n) is 5.01.